The van der Waals surface area contributed by atoms with Crippen molar-refractivity contribution in [2.45, 2.75) is 20.4 Å². The smallest absolute Gasteiger partial charge is 0.251 e. The molecule has 2 aromatic carbocycles. The largest absolute Gasteiger partial charge is 0.497 e. The van der Waals surface area contributed by atoms with Gasteiger partial charge in [-0.25, -0.2) is 4.68 Å². The lowest BCUT2D eigenvalue weighted by molar-refractivity contribution is 0.0954. The number of para-hydroxylation sites is 1. The number of aryl methyl sites for hydroxylation is 2. The second-order valence-corrected chi connectivity index (χ2v) is 7.31. The summed E-state index contributed by atoms with van der Waals surface area (Å²) in [5, 5.41) is 14.0. The zero-order chi connectivity index (χ0) is 22.9. The molecule has 0 bridgehead atoms. The van der Waals surface area contributed by atoms with Crippen molar-refractivity contribution >= 4 is 11.9 Å². The number of nitrogens with zero attached hydrogens (tertiary/aromatic N) is 3. The summed E-state index contributed by atoms with van der Waals surface area (Å²) in [6.07, 6.45) is 0. The first-order chi connectivity index (χ1) is 15.5. The van der Waals surface area contributed by atoms with Crippen LogP contribution in [0.4, 0.5) is 0 Å². The minimum absolute atomic E-state index is 0.146. The van der Waals surface area contributed by atoms with Gasteiger partial charge in [0.25, 0.3) is 5.91 Å². The highest BCUT2D eigenvalue weighted by Gasteiger charge is 2.10. The van der Waals surface area contributed by atoms with Crippen molar-refractivity contribution in [3.8, 4) is 11.4 Å². The second-order valence-electron chi connectivity index (χ2n) is 7.31. The molecule has 8 heteroatoms. The number of methoxy groups -OCH3 is 1. The number of hydrogen-bond donors (Lipinski definition) is 3. The van der Waals surface area contributed by atoms with Crippen LogP contribution in [0.2, 0.25) is 0 Å². The van der Waals surface area contributed by atoms with Crippen LogP contribution in [-0.4, -0.2) is 48.9 Å². The number of amides is 1. The maximum Gasteiger partial charge on any atom is 0.251 e. The molecule has 3 rings (SSSR count). The summed E-state index contributed by atoms with van der Waals surface area (Å²) in [5.74, 6) is 1.16. The van der Waals surface area contributed by atoms with E-state index in [2.05, 4.69) is 44.2 Å². The van der Waals surface area contributed by atoms with Crippen LogP contribution >= 0.6 is 0 Å². The van der Waals surface area contributed by atoms with Crippen molar-refractivity contribution in [2.24, 2.45) is 4.99 Å². The second kappa shape index (κ2) is 11.0. The van der Waals surface area contributed by atoms with Crippen LogP contribution in [-0.2, 0) is 6.54 Å². The van der Waals surface area contributed by atoms with Gasteiger partial charge in [-0.15, -0.1) is 0 Å². The molecule has 3 aromatic rings. The third-order valence-electron chi connectivity index (χ3n) is 4.93. The van der Waals surface area contributed by atoms with Gasteiger partial charge in [-0.2, -0.15) is 5.10 Å². The number of nitrogens with one attached hydrogen (secondary N) is 3. The van der Waals surface area contributed by atoms with Crippen LogP contribution < -0.4 is 20.7 Å². The highest BCUT2D eigenvalue weighted by molar-refractivity contribution is 5.94. The van der Waals surface area contributed by atoms with Gasteiger partial charge in [-0.3, -0.25) is 9.79 Å². The third-order valence-corrected chi connectivity index (χ3v) is 4.93. The van der Waals surface area contributed by atoms with E-state index in [-0.39, 0.29) is 5.91 Å². The number of hydrogen-bond acceptors (Lipinski definition) is 4. The van der Waals surface area contributed by atoms with Crippen molar-refractivity contribution < 1.29 is 9.53 Å². The van der Waals surface area contributed by atoms with Gasteiger partial charge in [0, 0.05) is 37.9 Å². The molecule has 1 aromatic heterocycles. The fourth-order valence-corrected chi connectivity index (χ4v) is 3.36. The standard InChI is InChI=1S/C24H30N6O2/c1-17-14-18(2)30(29-17)22-11-6-5-8-20(22)16-28-24(25-3)27-13-12-26-23(31)19-9-7-10-21(15-19)32-4/h5-11,14-15H,12-13,16H2,1-4H3,(H,26,31)(H2,25,27,28). The third kappa shape index (κ3) is 5.87. The van der Waals surface area contributed by atoms with Crippen molar-refractivity contribution in [2.75, 3.05) is 27.2 Å². The molecule has 8 nitrogen and oxygen atoms in total. The molecular formula is C24H30N6O2. The Balaban J connectivity index is 1.51. The van der Waals surface area contributed by atoms with E-state index in [4.69, 9.17) is 4.74 Å². The van der Waals surface area contributed by atoms with E-state index in [0.717, 1.165) is 22.6 Å². The first-order valence-corrected chi connectivity index (χ1v) is 10.5. The molecule has 0 aliphatic heterocycles. The van der Waals surface area contributed by atoms with Crippen LogP contribution in [0.15, 0.2) is 59.6 Å². The Hall–Kier alpha value is -3.81. The molecule has 0 aliphatic rings. The molecule has 1 amide bonds. The van der Waals surface area contributed by atoms with Gasteiger partial charge < -0.3 is 20.7 Å². The molecule has 0 saturated carbocycles. The summed E-state index contributed by atoms with van der Waals surface area (Å²) in [5.41, 5.74) is 4.77. The van der Waals surface area contributed by atoms with E-state index in [0.29, 0.717) is 36.9 Å². The van der Waals surface area contributed by atoms with Crippen molar-refractivity contribution in [1.29, 1.82) is 0 Å². The molecule has 0 fully saturated rings. The Morgan fingerprint density at radius 1 is 1.03 bits per heavy atom. The number of aromatic nitrogens is 2. The summed E-state index contributed by atoms with van der Waals surface area (Å²) in [6, 6.07) is 17.3. The number of carbonyl (C=O) groups excluding carboxylic acids is 1. The number of carbonyl (C=O) groups is 1. The number of rotatable bonds is 8. The number of aliphatic imine (C=N–C) groups is 1. The van der Waals surface area contributed by atoms with Gasteiger partial charge >= 0.3 is 0 Å². The van der Waals surface area contributed by atoms with Crippen LogP contribution in [0.3, 0.4) is 0 Å². The molecule has 0 radical (unpaired) electrons. The van der Waals surface area contributed by atoms with Crippen molar-refractivity contribution in [3.63, 3.8) is 0 Å². The highest BCUT2D eigenvalue weighted by atomic mass is 16.5. The average molecular weight is 435 g/mol. The molecule has 3 N–H and O–H groups in total. The van der Waals surface area contributed by atoms with Crippen LogP contribution in [0.5, 0.6) is 5.75 Å². The molecule has 0 saturated heterocycles. The Morgan fingerprint density at radius 3 is 2.53 bits per heavy atom. The van der Waals surface area contributed by atoms with Gasteiger partial charge in [0.15, 0.2) is 5.96 Å². The molecule has 168 valence electrons. The molecule has 0 spiro atoms. The van der Waals surface area contributed by atoms with E-state index in [1.807, 2.05) is 30.7 Å². The summed E-state index contributed by atoms with van der Waals surface area (Å²) < 4.78 is 7.12. The monoisotopic (exact) mass is 434 g/mol. The molecule has 0 atom stereocenters. The van der Waals surface area contributed by atoms with E-state index in [1.165, 1.54) is 0 Å². The van der Waals surface area contributed by atoms with E-state index in [9.17, 15) is 4.79 Å². The Bertz CT molecular complexity index is 1090. The molecule has 32 heavy (non-hydrogen) atoms. The molecule has 1 heterocycles. The van der Waals surface area contributed by atoms with Gasteiger partial charge in [0.2, 0.25) is 0 Å². The summed E-state index contributed by atoms with van der Waals surface area (Å²) in [4.78, 5) is 16.6. The summed E-state index contributed by atoms with van der Waals surface area (Å²) in [7, 11) is 3.30. The lowest BCUT2D eigenvalue weighted by Crippen LogP contribution is -2.41. The SMILES string of the molecule is CN=C(NCCNC(=O)c1cccc(OC)c1)NCc1ccccc1-n1nc(C)cc1C. The minimum atomic E-state index is -0.146. The van der Waals surface area contributed by atoms with Gasteiger partial charge in [-0.05, 0) is 49.7 Å². The molecule has 0 aliphatic carbocycles. The Kier molecular flexibility index (Phi) is 7.85. The number of ether oxygens (including phenoxy) is 1. The predicted octanol–water partition coefficient (Wildman–Crippen LogP) is 2.59. The molecule has 0 unspecified atom stereocenters. The van der Waals surface area contributed by atoms with Crippen LogP contribution in [0.25, 0.3) is 5.69 Å². The number of benzene rings is 2. The first-order valence-electron chi connectivity index (χ1n) is 10.5. The van der Waals surface area contributed by atoms with Crippen LogP contribution in [0.1, 0.15) is 27.3 Å². The molecular weight excluding hydrogens is 404 g/mol. The Morgan fingerprint density at radius 2 is 1.81 bits per heavy atom. The lowest BCUT2D eigenvalue weighted by Gasteiger charge is -2.15. The predicted molar refractivity (Wildman–Crippen MR) is 127 cm³/mol. The normalized spacial score (nSPS) is 11.2. The zero-order valence-corrected chi connectivity index (χ0v) is 19.0. The van der Waals surface area contributed by atoms with Gasteiger partial charge in [0.05, 0.1) is 18.5 Å². The number of guanidine groups is 1. The van der Waals surface area contributed by atoms with E-state index in [1.54, 1.807) is 38.4 Å². The lowest BCUT2D eigenvalue weighted by atomic mass is 10.1. The quantitative estimate of drug-likeness (QED) is 0.288. The topological polar surface area (TPSA) is 92.6 Å². The van der Waals surface area contributed by atoms with Gasteiger partial charge in [0.1, 0.15) is 5.75 Å². The van der Waals surface area contributed by atoms with E-state index >= 15 is 0 Å². The maximum atomic E-state index is 12.3. The fraction of sp³-hybridized carbons (Fsp3) is 0.292. The summed E-state index contributed by atoms with van der Waals surface area (Å²) in [6.45, 7) is 5.62. The first kappa shape index (κ1) is 22.9. The highest BCUT2D eigenvalue weighted by Crippen LogP contribution is 2.17. The van der Waals surface area contributed by atoms with Crippen LogP contribution in [0, 0.1) is 13.8 Å². The summed E-state index contributed by atoms with van der Waals surface area (Å²) >= 11 is 0. The van der Waals surface area contributed by atoms with E-state index < -0.39 is 0 Å². The van der Waals surface area contributed by atoms with Gasteiger partial charge in [-0.1, -0.05) is 24.3 Å². The van der Waals surface area contributed by atoms with Crippen molar-refractivity contribution in [3.05, 3.63) is 77.1 Å². The Labute approximate surface area is 188 Å². The fourth-order valence-electron chi connectivity index (χ4n) is 3.36. The average Bonchev–Trinajstić information content (AvgIpc) is 3.16. The van der Waals surface area contributed by atoms with Crippen molar-refractivity contribution in [1.82, 2.24) is 25.7 Å². The maximum absolute atomic E-state index is 12.3. The zero-order valence-electron chi connectivity index (χ0n) is 19.0. The minimum Gasteiger partial charge on any atom is -0.497 e.